The smallest absolute Gasteiger partial charge is 0.124 e. The number of phenols is 1. The molecule has 0 radical (unpaired) electrons. The van der Waals surface area contributed by atoms with Gasteiger partial charge in [-0.1, -0.05) is 19.9 Å². The van der Waals surface area contributed by atoms with Crippen molar-refractivity contribution in [3.05, 3.63) is 23.8 Å². The molecule has 1 heterocycles. The number of hydrogen-bond acceptors (Lipinski definition) is 3. The molecule has 1 N–H and O–H groups in total. The fourth-order valence-electron chi connectivity index (χ4n) is 3.33. The average Bonchev–Trinajstić information content (AvgIpc) is 2.91. The lowest BCUT2D eigenvalue weighted by Gasteiger charge is -2.30. The number of rotatable bonds is 5. The molecule has 1 aromatic carbocycles. The average molecular weight is 277 g/mol. The number of benzene rings is 1. The van der Waals surface area contributed by atoms with E-state index in [1.807, 2.05) is 12.1 Å². The number of methoxy groups -OCH3 is 1. The van der Waals surface area contributed by atoms with Gasteiger partial charge in [-0.3, -0.25) is 4.90 Å². The molecule has 3 heteroatoms. The molecule has 0 amide bonds. The number of phenolic OH excluding ortho intramolecular Hbond substituents is 1. The van der Waals surface area contributed by atoms with Crippen molar-refractivity contribution in [3.63, 3.8) is 0 Å². The minimum Gasteiger partial charge on any atom is -0.507 e. The van der Waals surface area contributed by atoms with E-state index in [0.29, 0.717) is 16.9 Å². The summed E-state index contributed by atoms with van der Waals surface area (Å²) in [6.45, 7) is 9.02. The van der Waals surface area contributed by atoms with Gasteiger partial charge in [-0.2, -0.15) is 0 Å². The van der Waals surface area contributed by atoms with Gasteiger partial charge in [-0.05, 0) is 44.2 Å². The number of hydrogen-bond donors (Lipinski definition) is 1. The summed E-state index contributed by atoms with van der Waals surface area (Å²) in [5.74, 6) is 1.04. The van der Waals surface area contributed by atoms with Crippen LogP contribution in [0.2, 0.25) is 0 Å². The van der Waals surface area contributed by atoms with E-state index < -0.39 is 0 Å². The predicted molar refractivity (Wildman–Crippen MR) is 82.3 cm³/mol. The second kappa shape index (κ2) is 6.04. The molecule has 0 aliphatic carbocycles. The normalized spacial score (nSPS) is 20.0. The Bertz CT molecular complexity index is 454. The lowest BCUT2D eigenvalue weighted by molar-refractivity contribution is 0.201. The van der Waals surface area contributed by atoms with E-state index in [-0.39, 0.29) is 6.04 Å². The van der Waals surface area contributed by atoms with Crippen molar-refractivity contribution in [3.8, 4) is 11.5 Å². The molecule has 0 spiro atoms. The Morgan fingerprint density at radius 3 is 2.55 bits per heavy atom. The van der Waals surface area contributed by atoms with E-state index in [9.17, 15) is 5.11 Å². The molecule has 1 unspecified atom stereocenters. The molecule has 2 rings (SSSR count). The van der Waals surface area contributed by atoms with Gasteiger partial charge in [0.1, 0.15) is 11.5 Å². The number of likely N-dealkylation sites (tertiary alicyclic amines) is 1. The fourth-order valence-corrected chi connectivity index (χ4v) is 3.33. The highest BCUT2D eigenvalue weighted by molar-refractivity contribution is 5.41. The third-order valence-corrected chi connectivity index (χ3v) is 5.20. The van der Waals surface area contributed by atoms with Gasteiger partial charge in [-0.15, -0.1) is 0 Å². The Hall–Kier alpha value is -1.22. The highest BCUT2D eigenvalue weighted by atomic mass is 16.5. The predicted octanol–water partition coefficient (Wildman–Crippen LogP) is 3.97. The standard InChI is InChI=1S/C17H27NO2/c1-5-17(6-2)9-10-18(12-17)13(3)15-8-7-14(20-4)11-16(15)19/h7-8,11,13,19H,5-6,9-10,12H2,1-4H3. The molecule has 0 saturated carbocycles. The van der Waals surface area contributed by atoms with E-state index in [0.717, 1.165) is 18.7 Å². The first-order valence-corrected chi connectivity index (χ1v) is 7.66. The minimum absolute atomic E-state index is 0.251. The maximum atomic E-state index is 10.2. The fraction of sp³-hybridized carbons (Fsp3) is 0.647. The van der Waals surface area contributed by atoms with Crippen molar-refractivity contribution in [2.24, 2.45) is 5.41 Å². The van der Waals surface area contributed by atoms with Gasteiger partial charge in [-0.25, -0.2) is 0 Å². The number of ether oxygens (including phenoxy) is 1. The molecule has 112 valence electrons. The zero-order valence-electron chi connectivity index (χ0n) is 13.1. The van der Waals surface area contributed by atoms with Crippen LogP contribution in [0.4, 0.5) is 0 Å². The Labute approximate surface area is 122 Å². The van der Waals surface area contributed by atoms with Gasteiger partial charge in [0.25, 0.3) is 0 Å². The van der Waals surface area contributed by atoms with Gasteiger partial charge in [0.05, 0.1) is 7.11 Å². The molecule has 1 saturated heterocycles. The minimum atomic E-state index is 0.251. The third kappa shape index (κ3) is 2.78. The first-order valence-electron chi connectivity index (χ1n) is 7.66. The highest BCUT2D eigenvalue weighted by Crippen LogP contribution is 2.41. The Morgan fingerprint density at radius 1 is 1.35 bits per heavy atom. The summed E-state index contributed by atoms with van der Waals surface area (Å²) in [4.78, 5) is 2.49. The van der Waals surface area contributed by atoms with Crippen molar-refractivity contribution in [2.75, 3.05) is 20.2 Å². The maximum absolute atomic E-state index is 10.2. The first kappa shape index (κ1) is 15.2. The Kier molecular flexibility index (Phi) is 4.59. The van der Waals surface area contributed by atoms with Crippen LogP contribution in [-0.4, -0.2) is 30.2 Å². The van der Waals surface area contributed by atoms with Crippen molar-refractivity contribution >= 4 is 0 Å². The lowest BCUT2D eigenvalue weighted by atomic mass is 9.82. The molecular weight excluding hydrogens is 250 g/mol. The summed E-state index contributed by atoms with van der Waals surface area (Å²) >= 11 is 0. The first-order chi connectivity index (χ1) is 9.55. The molecule has 1 aromatic rings. The van der Waals surface area contributed by atoms with Gasteiger partial charge in [0, 0.05) is 24.2 Å². The molecule has 20 heavy (non-hydrogen) atoms. The molecular formula is C17H27NO2. The molecule has 1 aliphatic heterocycles. The second-order valence-corrected chi connectivity index (χ2v) is 6.03. The lowest BCUT2D eigenvalue weighted by Crippen LogP contribution is -2.28. The SMILES string of the molecule is CCC1(CC)CCN(C(C)c2ccc(OC)cc2O)C1. The number of nitrogens with zero attached hydrogens (tertiary/aromatic N) is 1. The highest BCUT2D eigenvalue weighted by Gasteiger charge is 2.37. The van der Waals surface area contributed by atoms with Crippen LogP contribution in [0.15, 0.2) is 18.2 Å². The van der Waals surface area contributed by atoms with Crippen LogP contribution in [0.25, 0.3) is 0 Å². The molecule has 0 aromatic heterocycles. The molecule has 1 fully saturated rings. The number of aromatic hydroxyl groups is 1. The topological polar surface area (TPSA) is 32.7 Å². The van der Waals surface area contributed by atoms with Crippen LogP contribution in [0.3, 0.4) is 0 Å². The largest absolute Gasteiger partial charge is 0.507 e. The quantitative estimate of drug-likeness (QED) is 0.884. The van der Waals surface area contributed by atoms with Crippen LogP contribution < -0.4 is 4.74 Å². The van der Waals surface area contributed by atoms with Gasteiger partial charge in [0.2, 0.25) is 0 Å². The maximum Gasteiger partial charge on any atom is 0.124 e. The van der Waals surface area contributed by atoms with Crippen molar-refractivity contribution in [1.29, 1.82) is 0 Å². The summed E-state index contributed by atoms with van der Waals surface area (Å²) in [6, 6.07) is 5.86. The van der Waals surface area contributed by atoms with Gasteiger partial charge in [0.15, 0.2) is 0 Å². The van der Waals surface area contributed by atoms with Gasteiger partial charge >= 0.3 is 0 Å². The summed E-state index contributed by atoms with van der Waals surface area (Å²) in [7, 11) is 1.62. The zero-order chi connectivity index (χ0) is 14.8. The van der Waals surface area contributed by atoms with Crippen LogP contribution in [-0.2, 0) is 0 Å². The third-order valence-electron chi connectivity index (χ3n) is 5.20. The van der Waals surface area contributed by atoms with Crippen molar-refractivity contribution in [2.45, 2.75) is 46.1 Å². The summed E-state index contributed by atoms with van der Waals surface area (Å²) in [5.41, 5.74) is 1.46. The van der Waals surface area contributed by atoms with Crippen LogP contribution >= 0.6 is 0 Å². The van der Waals surface area contributed by atoms with Crippen LogP contribution in [0.5, 0.6) is 11.5 Å². The molecule has 1 aliphatic rings. The molecule has 3 nitrogen and oxygen atoms in total. The monoisotopic (exact) mass is 277 g/mol. The Morgan fingerprint density at radius 2 is 2.05 bits per heavy atom. The van der Waals surface area contributed by atoms with Gasteiger partial charge < -0.3 is 9.84 Å². The van der Waals surface area contributed by atoms with E-state index in [1.54, 1.807) is 13.2 Å². The molecule has 1 atom stereocenters. The van der Waals surface area contributed by atoms with Crippen molar-refractivity contribution < 1.29 is 9.84 Å². The Balaban J connectivity index is 2.14. The van der Waals surface area contributed by atoms with E-state index in [2.05, 4.69) is 25.7 Å². The summed E-state index contributed by atoms with van der Waals surface area (Å²) in [6.07, 6.45) is 3.74. The molecule has 0 bridgehead atoms. The summed E-state index contributed by atoms with van der Waals surface area (Å²) in [5, 5.41) is 10.2. The summed E-state index contributed by atoms with van der Waals surface area (Å²) < 4.78 is 5.15. The van der Waals surface area contributed by atoms with E-state index >= 15 is 0 Å². The second-order valence-electron chi connectivity index (χ2n) is 6.03. The van der Waals surface area contributed by atoms with Crippen LogP contribution in [0.1, 0.15) is 51.6 Å². The van der Waals surface area contributed by atoms with E-state index in [1.165, 1.54) is 19.3 Å². The van der Waals surface area contributed by atoms with Crippen LogP contribution in [0, 0.1) is 5.41 Å². The van der Waals surface area contributed by atoms with E-state index in [4.69, 9.17) is 4.74 Å². The van der Waals surface area contributed by atoms with Crippen molar-refractivity contribution in [1.82, 2.24) is 4.90 Å². The zero-order valence-corrected chi connectivity index (χ0v) is 13.1.